The van der Waals surface area contributed by atoms with Crippen LogP contribution in [-0.4, -0.2) is 5.11 Å². The van der Waals surface area contributed by atoms with E-state index >= 15 is 0 Å². The number of rotatable bonds is 2. The maximum Gasteiger partial charge on any atom is 0.168 e. The fourth-order valence-corrected chi connectivity index (χ4v) is 1.22. The number of halogens is 2. The molecule has 0 aliphatic heterocycles. The molecule has 2 N–H and O–H groups in total. The molecule has 0 saturated heterocycles. The van der Waals surface area contributed by atoms with E-state index in [2.05, 4.69) is 5.32 Å². The van der Waals surface area contributed by atoms with Crippen LogP contribution in [0.4, 0.5) is 10.1 Å². The molecule has 0 aromatic heterocycles. The monoisotopic (exact) mass is 262 g/mol. The van der Waals surface area contributed by atoms with Crippen molar-refractivity contribution in [1.29, 1.82) is 15.8 Å². The Hall–Kier alpha value is -2.75. The van der Waals surface area contributed by atoms with Crippen molar-refractivity contribution in [2.24, 2.45) is 0 Å². The van der Waals surface area contributed by atoms with Gasteiger partial charge in [-0.05, 0) is 12.1 Å². The number of phenolic OH excluding ortho intramolecular Hbond substituents is 1. The van der Waals surface area contributed by atoms with Gasteiger partial charge in [0.25, 0.3) is 0 Å². The summed E-state index contributed by atoms with van der Waals surface area (Å²) < 4.78 is 13.6. The van der Waals surface area contributed by atoms with Crippen LogP contribution in [0.15, 0.2) is 23.4 Å². The van der Waals surface area contributed by atoms with Crippen molar-refractivity contribution in [3.05, 3.63) is 34.2 Å². The third-order valence-corrected chi connectivity index (χ3v) is 2.27. The molecule has 1 aromatic rings. The molecule has 0 saturated carbocycles. The Morgan fingerprint density at radius 2 is 1.83 bits per heavy atom. The highest BCUT2D eigenvalue weighted by atomic mass is 35.5. The molecule has 0 atom stereocenters. The summed E-state index contributed by atoms with van der Waals surface area (Å²) >= 11 is 5.46. The Morgan fingerprint density at radius 3 is 2.33 bits per heavy atom. The van der Waals surface area contributed by atoms with E-state index in [4.69, 9.17) is 32.5 Å². The summed E-state index contributed by atoms with van der Waals surface area (Å²) in [6, 6.07) is 6.80. The van der Waals surface area contributed by atoms with Crippen molar-refractivity contribution in [3.63, 3.8) is 0 Å². The molecule has 1 aromatic carbocycles. The molecule has 18 heavy (non-hydrogen) atoms. The lowest BCUT2D eigenvalue weighted by Crippen LogP contribution is -2.02. The molecule has 0 unspecified atom stereocenters. The Bertz CT molecular complexity index is 633. The first-order valence-corrected chi connectivity index (χ1v) is 4.81. The Morgan fingerprint density at radius 1 is 1.22 bits per heavy atom. The van der Waals surface area contributed by atoms with Crippen LogP contribution >= 0.6 is 11.6 Å². The zero-order valence-corrected chi connectivity index (χ0v) is 9.46. The first kappa shape index (κ1) is 13.3. The lowest BCUT2D eigenvalue weighted by molar-refractivity contribution is 0.470. The van der Waals surface area contributed by atoms with Gasteiger partial charge in [-0.3, -0.25) is 0 Å². The predicted molar refractivity (Wildman–Crippen MR) is 60.6 cm³/mol. The van der Waals surface area contributed by atoms with Crippen molar-refractivity contribution < 1.29 is 9.50 Å². The van der Waals surface area contributed by atoms with E-state index < -0.39 is 27.9 Å². The first-order valence-electron chi connectivity index (χ1n) is 4.43. The smallest absolute Gasteiger partial charge is 0.168 e. The van der Waals surface area contributed by atoms with Crippen LogP contribution in [0, 0.1) is 39.8 Å². The molecular weight excluding hydrogens is 259 g/mol. The minimum Gasteiger partial charge on any atom is -0.506 e. The van der Waals surface area contributed by atoms with Crippen LogP contribution in [0.5, 0.6) is 5.75 Å². The standard InChI is InChI=1S/C11H4ClFN4O/c12-10-9(18)2-1-7(11(10)13)17-8(5-16)6(3-14)4-15/h1-2,17-18H. The van der Waals surface area contributed by atoms with E-state index in [1.54, 1.807) is 6.07 Å². The Labute approximate surface area is 107 Å². The number of hydrogen-bond acceptors (Lipinski definition) is 5. The second kappa shape index (κ2) is 5.54. The Kier molecular flexibility index (Phi) is 4.10. The molecule has 0 aliphatic carbocycles. The number of hydrogen-bond donors (Lipinski definition) is 2. The second-order valence-corrected chi connectivity index (χ2v) is 3.35. The van der Waals surface area contributed by atoms with E-state index in [1.807, 2.05) is 0 Å². The number of nitrogens with zero attached hydrogens (tertiary/aromatic N) is 3. The zero-order valence-electron chi connectivity index (χ0n) is 8.70. The number of aromatic hydroxyl groups is 1. The van der Waals surface area contributed by atoms with Crippen molar-refractivity contribution in [3.8, 4) is 24.0 Å². The van der Waals surface area contributed by atoms with Gasteiger partial charge in [0.05, 0.1) is 5.69 Å². The number of phenols is 1. The molecule has 88 valence electrons. The molecule has 0 bridgehead atoms. The van der Waals surface area contributed by atoms with Crippen molar-refractivity contribution >= 4 is 17.3 Å². The average molecular weight is 263 g/mol. The summed E-state index contributed by atoms with van der Waals surface area (Å²) in [6.45, 7) is 0. The van der Waals surface area contributed by atoms with Crippen molar-refractivity contribution in [1.82, 2.24) is 0 Å². The molecular formula is C11H4ClFN4O. The van der Waals surface area contributed by atoms with E-state index in [0.717, 1.165) is 12.1 Å². The minimum absolute atomic E-state index is 0.225. The number of anilines is 1. The van der Waals surface area contributed by atoms with Crippen LogP contribution < -0.4 is 5.32 Å². The summed E-state index contributed by atoms with van der Waals surface area (Å²) in [6.07, 6.45) is 0. The lowest BCUT2D eigenvalue weighted by Gasteiger charge is -2.07. The number of nitrogens with one attached hydrogen (secondary N) is 1. The van der Waals surface area contributed by atoms with Crippen LogP contribution in [0.25, 0.3) is 0 Å². The average Bonchev–Trinajstić information content (AvgIpc) is 2.38. The summed E-state index contributed by atoms with van der Waals surface area (Å²) in [5.74, 6) is -1.44. The number of nitriles is 3. The fourth-order valence-electron chi connectivity index (χ4n) is 1.05. The highest BCUT2D eigenvalue weighted by Gasteiger charge is 2.14. The van der Waals surface area contributed by atoms with Gasteiger partial charge in [-0.15, -0.1) is 0 Å². The maximum absolute atomic E-state index is 13.6. The molecule has 1 rings (SSSR count). The second-order valence-electron chi connectivity index (χ2n) is 2.97. The van der Waals surface area contributed by atoms with Gasteiger partial charge in [0, 0.05) is 0 Å². The van der Waals surface area contributed by atoms with Gasteiger partial charge in [-0.1, -0.05) is 11.6 Å². The number of benzene rings is 1. The summed E-state index contributed by atoms with van der Waals surface area (Å²) in [7, 11) is 0. The van der Waals surface area contributed by atoms with Gasteiger partial charge in [0.2, 0.25) is 0 Å². The van der Waals surface area contributed by atoms with E-state index in [1.165, 1.54) is 12.1 Å². The van der Waals surface area contributed by atoms with E-state index in [0.29, 0.717) is 0 Å². The molecule has 0 aliphatic rings. The third kappa shape index (κ3) is 2.49. The molecule has 0 amide bonds. The highest BCUT2D eigenvalue weighted by Crippen LogP contribution is 2.31. The van der Waals surface area contributed by atoms with Gasteiger partial charge >= 0.3 is 0 Å². The highest BCUT2D eigenvalue weighted by molar-refractivity contribution is 6.32. The first-order chi connectivity index (χ1) is 8.54. The van der Waals surface area contributed by atoms with E-state index in [9.17, 15) is 4.39 Å². The largest absolute Gasteiger partial charge is 0.506 e. The summed E-state index contributed by atoms with van der Waals surface area (Å²) in [4.78, 5) is 0. The molecule has 7 heteroatoms. The quantitative estimate of drug-likeness (QED) is 0.629. The summed E-state index contributed by atoms with van der Waals surface area (Å²) in [5.41, 5.74) is -1.11. The zero-order chi connectivity index (χ0) is 13.7. The topological polar surface area (TPSA) is 104 Å². The maximum atomic E-state index is 13.6. The summed E-state index contributed by atoms with van der Waals surface area (Å²) in [5, 5.41) is 36.8. The van der Waals surface area contributed by atoms with Crippen LogP contribution in [0.2, 0.25) is 5.02 Å². The molecule has 0 radical (unpaired) electrons. The van der Waals surface area contributed by atoms with Gasteiger partial charge in [0.1, 0.15) is 34.7 Å². The molecule has 0 heterocycles. The lowest BCUT2D eigenvalue weighted by atomic mass is 10.2. The van der Waals surface area contributed by atoms with Gasteiger partial charge in [0.15, 0.2) is 11.4 Å². The van der Waals surface area contributed by atoms with Crippen molar-refractivity contribution in [2.75, 3.05) is 5.32 Å². The van der Waals surface area contributed by atoms with Gasteiger partial charge in [-0.2, -0.15) is 15.8 Å². The minimum atomic E-state index is -0.986. The van der Waals surface area contributed by atoms with Gasteiger partial charge in [-0.25, -0.2) is 4.39 Å². The van der Waals surface area contributed by atoms with Crippen molar-refractivity contribution in [2.45, 2.75) is 0 Å². The Balaban J connectivity index is 3.26. The van der Waals surface area contributed by atoms with Gasteiger partial charge < -0.3 is 10.4 Å². The van der Waals surface area contributed by atoms with Crippen LogP contribution in [-0.2, 0) is 0 Å². The molecule has 0 spiro atoms. The molecule has 0 fully saturated rings. The SMILES string of the molecule is N#CC(C#N)=C(C#N)Nc1ccc(O)c(Cl)c1F. The van der Waals surface area contributed by atoms with Crippen LogP contribution in [0.3, 0.4) is 0 Å². The predicted octanol–water partition coefficient (Wildman–Crippen LogP) is 2.42. The third-order valence-electron chi connectivity index (χ3n) is 1.91. The fraction of sp³-hybridized carbons (Fsp3) is 0. The normalized spacial score (nSPS) is 8.61. The van der Waals surface area contributed by atoms with Crippen LogP contribution in [0.1, 0.15) is 0 Å². The molecule has 5 nitrogen and oxygen atoms in total. The van der Waals surface area contributed by atoms with E-state index in [-0.39, 0.29) is 5.69 Å². The number of allylic oxidation sites excluding steroid dienone is 2.